The largest absolute Gasteiger partial charge is 0.391 e. The summed E-state index contributed by atoms with van der Waals surface area (Å²) in [6, 6.07) is 10.2. The Morgan fingerprint density at radius 1 is 1.35 bits per heavy atom. The summed E-state index contributed by atoms with van der Waals surface area (Å²) in [7, 11) is 0. The fourth-order valence-electron chi connectivity index (χ4n) is 2.48. The van der Waals surface area contributed by atoms with E-state index < -0.39 is 6.10 Å². The number of aliphatic hydroxyl groups is 1. The third-order valence-corrected chi connectivity index (χ3v) is 4.49. The highest BCUT2D eigenvalue weighted by Crippen LogP contribution is 2.48. The van der Waals surface area contributed by atoms with Crippen LogP contribution in [0.25, 0.3) is 0 Å². The Morgan fingerprint density at radius 3 is 2.55 bits per heavy atom. The summed E-state index contributed by atoms with van der Waals surface area (Å²) >= 11 is 0. The van der Waals surface area contributed by atoms with Crippen LogP contribution in [0.15, 0.2) is 30.3 Å². The second-order valence-corrected chi connectivity index (χ2v) is 6.11. The molecule has 1 aromatic carbocycles. The van der Waals surface area contributed by atoms with E-state index in [1.165, 1.54) is 5.56 Å². The summed E-state index contributed by atoms with van der Waals surface area (Å²) in [4.78, 5) is 12.3. The van der Waals surface area contributed by atoms with Gasteiger partial charge in [-0.05, 0) is 30.7 Å². The molecule has 1 aromatic rings. The third kappa shape index (κ3) is 3.60. The second-order valence-electron chi connectivity index (χ2n) is 6.11. The van der Waals surface area contributed by atoms with Gasteiger partial charge in [0.05, 0.1) is 11.5 Å². The van der Waals surface area contributed by atoms with Crippen LogP contribution in [-0.4, -0.2) is 23.7 Å². The van der Waals surface area contributed by atoms with Gasteiger partial charge in [-0.2, -0.15) is 0 Å². The van der Waals surface area contributed by atoms with Gasteiger partial charge in [0.2, 0.25) is 5.91 Å². The molecule has 1 amide bonds. The Hall–Kier alpha value is -1.35. The first-order valence-electron chi connectivity index (χ1n) is 7.58. The Morgan fingerprint density at radius 2 is 2.00 bits per heavy atom. The van der Waals surface area contributed by atoms with Crippen LogP contribution in [0.2, 0.25) is 0 Å². The van der Waals surface area contributed by atoms with Crippen molar-refractivity contribution in [3.05, 3.63) is 35.9 Å². The first-order chi connectivity index (χ1) is 9.57. The molecule has 110 valence electrons. The molecule has 0 heterocycles. The molecular formula is C17H25NO2. The molecule has 1 fully saturated rings. The van der Waals surface area contributed by atoms with Crippen molar-refractivity contribution in [3.8, 4) is 0 Å². The lowest BCUT2D eigenvalue weighted by molar-refractivity contribution is -0.126. The fraction of sp³-hybridized carbons (Fsp3) is 0.588. The van der Waals surface area contributed by atoms with E-state index in [4.69, 9.17) is 0 Å². The summed E-state index contributed by atoms with van der Waals surface area (Å²) in [6.45, 7) is 4.42. The van der Waals surface area contributed by atoms with Gasteiger partial charge < -0.3 is 10.4 Å². The molecular weight excluding hydrogens is 250 g/mol. The smallest absolute Gasteiger partial charge is 0.226 e. The summed E-state index contributed by atoms with van der Waals surface area (Å²) in [5, 5.41) is 12.9. The van der Waals surface area contributed by atoms with Crippen molar-refractivity contribution in [1.29, 1.82) is 0 Å². The molecule has 0 saturated heterocycles. The van der Waals surface area contributed by atoms with Crippen molar-refractivity contribution in [2.75, 3.05) is 6.54 Å². The van der Waals surface area contributed by atoms with Gasteiger partial charge in [-0.15, -0.1) is 0 Å². The predicted octanol–water partition coefficient (Wildman–Crippen LogP) is 2.53. The average Bonchev–Trinajstić information content (AvgIpc) is 3.25. The first kappa shape index (κ1) is 15.0. The van der Waals surface area contributed by atoms with Crippen LogP contribution in [0.1, 0.15) is 38.7 Å². The fourth-order valence-corrected chi connectivity index (χ4v) is 2.48. The van der Waals surface area contributed by atoms with Crippen molar-refractivity contribution in [2.24, 2.45) is 11.3 Å². The van der Waals surface area contributed by atoms with E-state index in [1.807, 2.05) is 32.0 Å². The number of hydrogen-bond donors (Lipinski definition) is 2. The van der Waals surface area contributed by atoms with Gasteiger partial charge in [-0.25, -0.2) is 0 Å². The molecule has 2 N–H and O–H groups in total. The first-order valence-corrected chi connectivity index (χ1v) is 7.58. The summed E-state index contributed by atoms with van der Waals surface area (Å²) in [6.07, 6.45) is 3.18. The molecule has 0 spiro atoms. The minimum absolute atomic E-state index is 0.101. The molecule has 1 aliphatic carbocycles. The molecule has 1 saturated carbocycles. The van der Waals surface area contributed by atoms with Crippen LogP contribution in [0, 0.1) is 11.3 Å². The number of hydrogen-bond acceptors (Lipinski definition) is 2. The topological polar surface area (TPSA) is 49.3 Å². The van der Waals surface area contributed by atoms with Crippen molar-refractivity contribution >= 4 is 5.91 Å². The molecule has 0 bridgehead atoms. The lowest BCUT2D eigenvalue weighted by Crippen LogP contribution is -2.40. The highest BCUT2D eigenvalue weighted by atomic mass is 16.3. The van der Waals surface area contributed by atoms with Gasteiger partial charge in [-0.1, -0.05) is 50.6 Å². The zero-order valence-corrected chi connectivity index (χ0v) is 12.4. The van der Waals surface area contributed by atoms with Gasteiger partial charge in [0.1, 0.15) is 0 Å². The average molecular weight is 275 g/mol. The van der Waals surface area contributed by atoms with Crippen LogP contribution in [0.4, 0.5) is 0 Å². The number of benzene rings is 1. The van der Waals surface area contributed by atoms with Gasteiger partial charge in [0.15, 0.2) is 0 Å². The van der Waals surface area contributed by atoms with Crippen LogP contribution in [-0.2, 0) is 11.2 Å². The highest BCUT2D eigenvalue weighted by molar-refractivity contribution is 5.85. The number of amides is 1. The molecule has 3 heteroatoms. The van der Waals surface area contributed by atoms with E-state index in [0.717, 1.165) is 25.7 Å². The van der Waals surface area contributed by atoms with Crippen molar-refractivity contribution in [1.82, 2.24) is 5.32 Å². The number of nitrogens with one attached hydrogen (secondary N) is 1. The summed E-state index contributed by atoms with van der Waals surface area (Å²) in [5.41, 5.74) is 0.985. The van der Waals surface area contributed by atoms with Gasteiger partial charge in [0.25, 0.3) is 0 Å². The highest BCUT2D eigenvalue weighted by Gasteiger charge is 2.49. The van der Waals surface area contributed by atoms with Crippen molar-refractivity contribution in [3.63, 3.8) is 0 Å². The van der Waals surface area contributed by atoms with Crippen LogP contribution in [0.5, 0.6) is 0 Å². The third-order valence-electron chi connectivity index (χ3n) is 4.49. The van der Waals surface area contributed by atoms with Crippen LogP contribution < -0.4 is 5.32 Å². The number of rotatable bonds is 7. The molecule has 20 heavy (non-hydrogen) atoms. The van der Waals surface area contributed by atoms with E-state index >= 15 is 0 Å². The van der Waals surface area contributed by atoms with E-state index in [1.54, 1.807) is 0 Å². The molecule has 0 aliphatic heterocycles. The lowest BCUT2D eigenvalue weighted by Gasteiger charge is -2.20. The van der Waals surface area contributed by atoms with E-state index in [9.17, 15) is 9.90 Å². The molecule has 0 radical (unpaired) electrons. The lowest BCUT2D eigenvalue weighted by atomic mass is 9.95. The zero-order chi connectivity index (χ0) is 14.6. The monoisotopic (exact) mass is 275 g/mol. The minimum atomic E-state index is -0.448. The second kappa shape index (κ2) is 6.40. The maximum absolute atomic E-state index is 12.3. The SMILES string of the molecule is CCC(C)C(O)CNC(=O)C1(Cc2ccccc2)CC1. The molecule has 2 atom stereocenters. The Balaban J connectivity index is 1.86. The Bertz CT molecular complexity index is 440. The molecule has 1 aliphatic rings. The van der Waals surface area contributed by atoms with Crippen molar-refractivity contribution < 1.29 is 9.90 Å². The molecule has 3 nitrogen and oxygen atoms in total. The summed E-state index contributed by atoms with van der Waals surface area (Å²) < 4.78 is 0. The van der Waals surface area contributed by atoms with Gasteiger partial charge in [-0.3, -0.25) is 4.79 Å². The molecule has 2 unspecified atom stereocenters. The van der Waals surface area contributed by atoms with Gasteiger partial charge in [0, 0.05) is 6.54 Å². The van der Waals surface area contributed by atoms with E-state index in [0.29, 0.717) is 6.54 Å². The maximum atomic E-state index is 12.3. The van der Waals surface area contributed by atoms with Crippen LogP contribution >= 0.6 is 0 Å². The maximum Gasteiger partial charge on any atom is 0.226 e. The number of carbonyl (C=O) groups excluding carboxylic acids is 1. The number of carbonyl (C=O) groups is 1. The van der Waals surface area contributed by atoms with Crippen molar-refractivity contribution in [2.45, 2.75) is 45.6 Å². The molecule has 0 aromatic heterocycles. The summed E-state index contributed by atoms with van der Waals surface area (Å²) in [5.74, 6) is 0.322. The predicted molar refractivity (Wildman–Crippen MR) is 80.3 cm³/mol. The minimum Gasteiger partial charge on any atom is -0.391 e. The van der Waals surface area contributed by atoms with Crippen LogP contribution in [0.3, 0.4) is 0 Å². The standard InChI is InChI=1S/C17H25NO2/c1-3-13(2)15(19)12-18-16(20)17(9-10-17)11-14-7-5-4-6-8-14/h4-8,13,15,19H,3,9-12H2,1-2H3,(H,18,20). The Kier molecular flexibility index (Phi) is 4.81. The Labute approximate surface area is 121 Å². The number of aliphatic hydroxyl groups excluding tert-OH is 1. The normalized spacial score (nSPS) is 19.1. The molecule has 2 rings (SSSR count). The zero-order valence-electron chi connectivity index (χ0n) is 12.4. The van der Waals surface area contributed by atoms with Gasteiger partial charge >= 0.3 is 0 Å². The quantitative estimate of drug-likeness (QED) is 0.803. The van der Waals surface area contributed by atoms with E-state index in [2.05, 4.69) is 17.4 Å². The van der Waals surface area contributed by atoms with E-state index in [-0.39, 0.29) is 17.2 Å².